The number of amides is 1. The van der Waals surface area contributed by atoms with Crippen molar-refractivity contribution < 1.29 is 4.79 Å². The summed E-state index contributed by atoms with van der Waals surface area (Å²) in [5, 5.41) is 1.14. The summed E-state index contributed by atoms with van der Waals surface area (Å²) >= 11 is 0. The molecule has 0 aliphatic rings. The van der Waals surface area contributed by atoms with Gasteiger partial charge in [-0.05, 0) is 26.3 Å². The number of nitrogens with zero attached hydrogens (tertiary/aromatic N) is 1. The average molecular weight is 206 g/mol. The molecule has 0 radical (unpaired) electrons. The monoisotopic (exact) mass is 206 g/mol. The maximum atomic E-state index is 11.9. The van der Waals surface area contributed by atoms with Crippen LogP contribution in [0.2, 0.25) is 0 Å². The topological polar surface area (TPSA) is 46.3 Å². The first-order valence-electron chi connectivity index (χ1n) is 4.95. The molecule has 1 aromatic rings. The largest absolute Gasteiger partial charge is 0.283 e. The van der Waals surface area contributed by atoms with Crippen LogP contribution in [-0.2, 0) is 10.2 Å². The lowest BCUT2D eigenvalue weighted by atomic mass is 9.83. The van der Waals surface area contributed by atoms with Crippen LogP contribution in [-0.4, -0.2) is 18.0 Å². The Kier molecular flexibility index (Phi) is 3.15. The lowest BCUT2D eigenvalue weighted by molar-refractivity contribution is -0.135. The highest BCUT2D eigenvalue weighted by molar-refractivity contribution is 5.86. The fourth-order valence-electron chi connectivity index (χ4n) is 1.53. The molecule has 0 bridgehead atoms. The number of rotatable bonds is 2. The van der Waals surface area contributed by atoms with E-state index < -0.39 is 5.41 Å². The number of likely N-dealkylation sites (N-methyl/N-ethyl adjacent to an activating group) is 1. The summed E-state index contributed by atoms with van der Waals surface area (Å²) in [7, 11) is 1.57. The van der Waals surface area contributed by atoms with Crippen molar-refractivity contribution in [3.8, 4) is 0 Å². The first-order valence-corrected chi connectivity index (χ1v) is 4.95. The van der Waals surface area contributed by atoms with Crippen LogP contribution in [0.15, 0.2) is 24.3 Å². The lowest BCUT2D eigenvalue weighted by Gasteiger charge is -2.27. The molecule has 0 atom stereocenters. The zero-order chi connectivity index (χ0) is 11.6. The molecule has 1 rings (SSSR count). The van der Waals surface area contributed by atoms with E-state index in [1.807, 2.05) is 45.0 Å². The van der Waals surface area contributed by atoms with E-state index in [9.17, 15) is 4.79 Å². The van der Waals surface area contributed by atoms with Gasteiger partial charge >= 0.3 is 0 Å². The Labute approximate surface area is 90.9 Å². The highest BCUT2D eigenvalue weighted by atomic mass is 16.2. The number of carbonyl (C=O) groups excluding carboxylic acids is 1. The van der Waals surface area contributed by atoms with Crippen LogP contribution in [0, 0.1) is 6.92 Å². The molecule has 0 aliphatic carbocycles. The Morgan fingerprint density at radius 3 is 2.13 bits per heavy atom. The second-order valence-corrected chi connectivity index (χ2v) is 4.41. The molecule has 1 aromatic carbocycles. The summed E-state index contributed by atoms with van der Waals surface area (Å²) in [6.07, 6.45) is 0. The fraction of sp³-hybridized carbons (Fsp3) is 0.417. The van der Waals surface area contributed by atoms with E-state index in [-0.39, 0.29) is 5.91 Å². The number of hydrogen-bond donors (Lipinski definition) is 1. The number of benzene rings is 1. The highest BCUT2D eigenvalue weighted by Crippen LogP contribution is 2.24. The number of carbonyl (C=O) groups is 1. The molecular formula is C12H18N2O. The molecule has 2 N–H and O–H groups in total. The van der Waals surface area contributed by atoms with Gasteiger partial charge in [-0.25, -0.2) is 5.84 Å². The zero-order valence-electron chi connectivity index (χ0n) is 9.74. The van der Waals surface area contributed by atoms with Crippen molar-refractivity contribution in [3.63, 3.8) is 0 Å². The normalized spacial score (nSPS) is 11.3. The molecule has 1 amide bonds. The molecule has 0 heterocycles. The SMILES string of the molecule is Cc1ccc(C(C)(C)C(=O)N(C)N)cc1. The predicted molar refractivity (Wildman–Crippen MR) is 61.2 cm³/mol. The molecule has 0 spiro atoms. The molecule has 0 saturated heterocycles. The fourth-order valence-corrected chi connectivity index (χ4v) is 1.53. The van der Waals surface area contributed by atoms with Crippen LogP contribution in [0.3, 0.4) is 0 Å². The second-order valence-electron chi connectivity index (χ2n) is 4.41. The maximum absolute atomic E-state index is 11.9. The van der Waals surface area contributed by atoms with Crippen molar-refractivity contribution in [2.45, 2.75) is 26.2 Å². The van der Waals surface area contributed by atoms with E-state index >= 15 is 0 Å². The van der Waals surface area contributed by atoms with Gasteiger partial charge in [0, 0.05) is 7.05 Å². The Morgan fingerprint density at radius 1 is 1.27 bits per heavy atom. The van der Waals surface area contributed by atoms with Crippen molar-refractivity contribution in [2.75, 3.05) is 7.05 Å². The first-order chi connectivity index (χ1) is 6.85. The average Bonchev–Trinajstić information content (AvgIpc) is 2.17. The summed E-state index contributed by atoms with van der Waals surface area (Å²) < 4.78 is 0. The van der Waals surface area contributed by atoms with E-state index in [2.05, 4.69) is 0 Å². The van der Waals surface area contributed by atoms with Gasteiger partial charge in [-0.3, -0.25) is 9.80 Å². The van der Waals surface area contributed by atoms with Crippen molar-refractivity contribution in [3.05, 3.63) is 35.4 Å². The van der Waals surface area contributed by atoms with Gasteiger partial charge in [0.1, 0.15) is 0 Å². The molecule has 0 saturated carbocycles. The van der Waals surface area contributed by atoms with E-state index in [1.54, 1.807) is 7.05 Å². The minimum absolute atomic E-state index is 0.0913. The van der Waals surface area contributed by atoms with E-state index in [0.29, 0.717) is 0 Å². The van der Waals surface area contributed by atoms with E-state index in [1.165, 1.54) is 5.56 Å². The molecule has 0 fully saturated rings. The van der Waals surface area contributed by atoms with Gasteiger partial charge in [0.05, 0.1) is 5.41 Å². The van der Waals surface area contributed by atoms with Gasteiger partial charge in [-0.15, -0.1) is 0 Å². The van der Waals surface area contributed by atoms with Crippen molar-refractivity contribution in [1.82, 2.24) is 5.01 Å². The van der Waals surface area contributed by atoms with Crippen molar-refractivity contribution in [1.29, 1.82) is 0 Å². The van der Waals surface area contributed by atoms with Gasteiger partial charge < -0.3 is 0 Å². The molecule has 15 heavy (non-hydrogen) atoms. The molecule has 3 heteroatoms. The van der Waals surface area contributed by atoms with Gasteiger partial charge in [0.2, 0.25) is 5.91 Å². The maximum Gasteiger partial charge on any atom is 0.246 e. The quantitative estimate of drug-likeness (QED) is 0.454. The molecule has 0 aromatic heterocycles. The van der Waals surface area contributed by atoms with Crippen LogP contribution in [0.5, 0.6) is 0 Å². The summed E-state index contributed by atoms with van der Waals surface area (Å²) in [6, 6.07) is 7.94. The molecule has 82 valence electrons. The highest BCUT2D eigenvalue weighted by Gasteiger charge is 2.31. The third-order valence-corrected chi connectivity index (χ3v) is 2.63. The molecular weight excluding hydrogens is 188 g/mol. The third kappa shape index (κ3) is 2.36. The van der Waals surface area contributed by atoms with Crippen LogP contribution < -0.4 is 5.84 Å². The Balaban J connectivity index is 3.05. The number of nitrogens with two attached hydrogens (primary N) is 1. The zero-order valence-corrected chi connectivity index (χ0v) is 9.74. The van der Waals surface area contributed by atoms with E-state index in [0.717, 1.165) is 10.6 Å². The third-order valence-electron chi connectivity index (χ3n) is 2.63. The lowest BCUT2D eigenvalue weighted by Crippen LogP contribution is -2.44. The number of aryl methyl sites for hydroxylation is 1. The molecule has 3 nitrogen and oxygen atoms in total. The summed E-state index contributed by atoms with van der Waals surface area (Å²) in [5.74, 6) is 5.38. The minimum Gasteiger partial charge on any atom is -0.283 e. The van der Waals surface area contributed by atoms with Crippen LogP contribution in [0.1, 0.15) is 25.0 Å². The predicted octanol–water partition coefficient (Wildman–Crippen LogP) is 1.60. The smallest absolute Gasteiger partial charge is 0.246 e. The standard InChI is InChI=1S/C12H18N2O/c1-9-5-7-10(8-6-9)12(2,3)11(15)14(4)13/h5-8H,13H2,1-4H3. The van der Waals surface area contributed by atoms with Gasteiger partial charge in [0.15, 0.2) is 0 Å². The Morgan fingerprint density at radius 2 is 1.73 bits per heavy atom. The summed E-state index contributed by atoms with van der Waals surface area (Å²) in [5.41, 5.74) is 1.59. The molecule has 0 aliphatic heterocycles. The van der Waals surface area contributed by atoms with E-state index in [4.69, 9.17) is 5.84 Å². The number of hydrazine groups is 1. The Hall–Kier alpha value is -1.35. The molecule has 0 unspecified atom stereocenters. The first kappa shape index (κ1) is 11.7. The van der Waals surface area contributed by atoms with Crippen molar-refractivity contribution >= 4 is 5.91 Å². The van der Waals surface area contributed by atoms with Crippen LogP contribution >= 0.6 is 0 Å². The second kappa shape index (κ2) is 4.03. The van der Waals surface area contributed by atoms with Crippen LogP contribution in [0.25, 0.3) is 0 Å². The van der Waals surface area contributed by atoms with Gasteiger partial charge in [0.25, 0.3) is 0 Å². The number of hydrogen-bond acceptors (Lipinski definition) is 2. The minimum atomic E-state index is -0.572. The van der Waals surface area contributed by atoms with Gasteiger partial charge in [-0.1, -0.05) is 29.8 Å². The van der Waals surface area contributed by atoms with Crippen LogP contribution in [0.4, 0.5) is 0 Å². The summed E-state index contributed by atoms with van der Waals surface area (Å²) in [6.45, 7) is 5.78. The van der Waals surface area contributed by atoms with Crippen molar-refractivity contribution in [2.24, 2.45) is 5.84 Å². The Bertz CT molecular complexity index is 352. The summed E-state index contributed by atoms with van der Waals surface area (Å²) in [4.78, 5) is 11.9. The van der Waals surface area contributed by atoms with Gasteiger partial charge in [-0.2, -0.15) is 0 Å².